The van der Waals surface area contributed by atoms with Gasteiger partial charge < -0.3 is 19.8 Å². The number of guanidine groups is 1. The van der Waals surface area contributed by atoms with Crippen molar-refractivity contribution in [1.29, 1.82) is 0 Å². The Hall–Kier alpha value is -0.480. The first-order chi connectivity index (χ1) is 11.9. The zero-order valence-corrected chi connectivity index (χ0v) is 19.7. The molecule has 0 unspecified atom stereocenters. The van der Waals surface area contributed by atoms with Crippen LogP contribution in [0.15, 0.2) is 15.6 Å². The molecule has 8 heteroatoms. The lowest BCUT2D eigenvalue weighted by atomic mass is 9.94. The van der Waals surface area contributed by atoms with E-state index in [1.165, 1.54) is 0 Å². The van der Waals surface area contributed by atoms with Crippen LogP contribution in [0.2, 0.25) is 0 Å². The van der Waals surface area contributed by atoms with E-state index in [0.717, 1.165) is 50.9 Å². The highest BCUT2D eigenvalue weighted by Gasteiger charge is 2.31. The van der Waals surface area contributed by atoms with Crippen LogP contribution in [0.25, 0.3) is 0 Å². The third-order valence-electron chi connectivity index (χ3n) is 4.42. The number of ether oxygens (including phenoxy) is 1. The molecule has 150 valence electrons. The Morgan fingerprint density at radius 3 is 2.54 bits per heavy atom. The molecule has 1 aromatic heterocycles. The highest BCUT2D eigenvalue weighted by molar-refractivity contribution is 14.0. The van der Waals surface area contributed by atoms with Gasteiger partial charge in [0.2, 0.25) is 5.89 Å². The van der Waals surface area contributed by atoms with Crippen molar-refractivity contribution in [1.82, 2.24) is 15.6 Å². The molecule has 0 radical (unpaired) electrons. The number of aromatic nitrogens is 1. The van der Waals surface area contributed by atoms with E-state index in [1.807, 2.05) is 11.8 Å². The average molecular weight is 496 g/mol. The molecule has 1 fully saturated rings. The molecule has 26 heavy (non-hydrogen) atoms. The number of rotatable bonds is 6. The number of nitrogens with zero attached hydrogens (tertiary/aromatic N) is 2. The van der Waals surface area contributed by atoms with Gasteiger partial charge in [-0.3, -0.25) is 0 Å². The van der Waals surface area contributed by atoms with Gasteiger partial charge in [-0.1, -0.05) is 20.8 Å². The summed E-state index contributed by atoms with van der Waals surface area (Å²) in [7, 11) is 0. The van der Waals surface area contributed by atoms with Crippen LogP contribution in [0, 0.1) is 0 Å². The van der Waals surface area contributed by atoms with Gasteiger partial charge in [-0.15, -0.1) is 24.0 Å². The molecule has 1 aliphatic heterocycles. The van der Waals surface area contributed by atoms with Crippen molar-refractivity contribution >= 4 is 41.7 Å². The van der Waals surface area contributed by atoms with E-state index < -0.39 is 0 Å². The maximum atomic E-state index is 5.82. The number of hydrogen-bond acceptors (Lipinski definition) is 5. The minimum atomic E-state index is -0.0362. The van der Waals surface area contributed by atoms with Gasteiger partial charge in [0.05, 0.1) is 6.20 Å². The molecule has 1 aliphatic rings. The van der Waals surface area contributed by atoms with E-state index in [9.17, 15) is 0 Å². The molecule has 0 saturated carbocycles. The number of nitrogens with one attached hydrogen (secondary N) is 2. The third-order valence-corrected chi connectivity index (χ3v) is 5.84. The summed E-state index contributed by atoms with van der Waals surface area (Å²) in [5.74, 6) is 2.34. The molecule has 2 rings (SSSR count). The summed E-state index contributed by atoms with van der Waals surface area (Å²) in [5.41, 5.74) is -0.0362. The lowest BCUT2D eigenvalue weighted by Gasteiger charge is -2.36. The second-order valence-corrected chi connectivity index (χ2v) is 8.69. The fourth-order valence-electron chi connectivity index (χ4n) is 2.66. The molecule has 0 amide bonds. The number of oxazole rings is 1. The lowest BCUT2D eigenvalue weighted by molar-refractivity contribution is 0.0783. The standard InChI is InChI=1S/C18H32N4O2S.HI/c1-6-19-16(22-13-18(25-5)7-9-23-10-8-18)21-12-15-20-11-14(24-15)17(2,3)4;/h11H,6-10,12-13H2,1-5H3,(H2,19,21,22);1H. The summed E-state index contributed by atoms with van der Waals surface area (Å²) in [6.07, 6.45) is 6.11. The van der Waals surface area contributed by atoms with Crippen LogP contribution in [-0.2, 0) is 16.7 Å². The molecule has 6 nitrogen and oxygen atoms in total. The number of halogens is 1. The minimum absolute atomic E-state index is 0. The van der Waals surface area contributed by atoms with Crippen LogP contribution in [-0.4, -0.2) is 48.2 Å². The van der Waals surface area contributed by atoms with Gasteiger partial charge in [-0.25, -0.2) is 9.98 Å². The Morgan fingerprint density at radius 2 is 2.00 bits per heavy atom. The first-order valence-corrected chi connectivity index (χ1v) is 10.2. The Kier molecular flexibility index (Phi) is 9.74. The van der Waals surface area contributed by atoms with Crippen LogP contribution < -0.4 is 10.6 Å². The van der Waals surface area contributed by atoms with Gasteiger partial charge in [-0.05, 0) is 26.0 Å². The normalized spacial score (nSPS) is 17.5. The third kappa shape index (κ3) is 6.92. The topological polar surface area (TPSA) is 71.7 Å². The van der Waals surface area contributed by atoms with Crippen molar-refractivity contribution < 1.29 is 9.15 Å². The zero-order chi connectivity index (χ0) is 18.3. The molecule has 2 N–H and O–H groups in total. The molecular formula is C18H33IN4O2S. The monoisotopic (exact) mass is 496 g/mol. The molecule has 1 aromatic rings. The Bertz CT molecular complexity index is 566. The summed E-state index contributed by atoms with van der Waals surface area (Å²) >= 11 is 1.92. The lowest BCUT2D eigenvalue weighted by Crippen LogP contribution is -2.47. The van der Waals surface area contributed by atoms with Crippen molar-refractivity contribution in [3.63, 3.8) is 0 Å². The Balaban J connectivity index is 0.00000338. The van der Waals surface area contributed by atoms with Crippen LogP contribution in [0.1, 0.15) is 52.2 Å². The van der Waals surface area contributed by atoms with Crippen LogP contribution in [0.4, 0.5) is 0 Å². The molecule has 0 atom stereocenters. The average Bonchev–Trinajstić information content (AvgIpc) is 3.07. The molecule has 2 heterocycles. The largest absolute Gasteiger partial charge is 0.443 e. The maximum Gasteiger partial charge on any atom is 0.216 e. The summed E-state index contributed by atoms with van der Waals surface area (Å²) in [6, 6.07) is 0. The second-order valence-electron chi connectivity index (χ2n) is 7.42. The summed E-state index contributed by atoms with van der Waals surface area (Å²) < 4.78 is 11.5. The van der Waals surface area contributed by atoms with Crippen LogP contribution >= 0.6 is 35.7 Å². The van der Waals surface area contributed by atoms with E-state index in [-0.39, 0.29) is 34.1 Å². The summed E-state index contributed by atoms with van der Waals surface area (Å²) in [6.45, 7) is 12.2. The summed E-state index contributed by atoms with van der Waals surface area (Å²) in [4.78, 5) is 8.97. The summed E-state index contributed by atoms with van der Waals surface area (Å²) in [5, 5.41) is 6.78. The SMILES string of the molecule is CCNC(=NCc1ncc(C(C)(C)C)o1)NCC1(SC)CCOCC1.I. The van der Waals surface area contributed by atoms with Crippen molar-refractivity contribution in [2.75, 3.05) is 32.6 Å². The smallest absolute Gasteiger partial charge is 0.216 e. The predicted molar refractivity (Wildman–Crippen MR) is 120 cm³/mol. The van der Waals surface area contributed by atoms with Crippen molar-refractivity contribution in [3.8, 4) is 0 Å². The van der Waals surface area contributed by atoms with Crippen molar-refractivity contribution in [2.45, 2.75) is 57.2 Å². The van der Waals surface area contributed by atoms with E-state index in [1.54, 1.807) is 6.20 Å². The van der Waals surface area contributed by atoms with E-state index in [0.29, 0.717) is 12.4 Å². The second kappa shape index (κ2) is 10.8. The fraction of sp³-hybridized carbons (Fsp3) is 0.778. The highest BCUT2D eigenvalue weighted by Crippen LogP contribution is 2.32. The number of thioether (sulfide) groups is 1. The first-order valence-electron chi connectivity index (χ1n) is 8.99. The quantitative estimate of drug-likeness (QED) is 0.357. The predicted octanol–water partition coefficient (Wildman–Crippen LogP) is 3.56. The molecule has 0 bridgehead atoms. The zero-order valence-electron chi connectivity index (χ0n) is 16.6. The minimum Gasteiger partial charge on any atom is -0.443 e. The van der Waals surface area contributed by atoms with Gasteiger partial charge in [0.1, 0.15) is 12.3 Å². The Labute approximate surface area is 178 Å². The van der Waals surface area contributed by atoms with E-state index >= 15 is 0 Å². The highest BCUT2D eigenvalue weighted by atomic mass is 127. The van der Waals surface area contributed by atoms with Gasteiger partial charge in [0.25, 0.3) is 0 Å². The van der Waals surface area contributed by atoms with E-state index in [2.05, 4.69) is 54.6 Å². The molecule has 0 spiro atoms. The Morgan fingerprint density at radius 1 is 1.31 bits per heavy atom. The van der Waals surface area contributed by atoms with Crippen LogP contribution in [0.3, 0.4) is 0 Å². The number of aliphatic imine (C=N–C) groups is 1. The maximum absolute atomic E-state index is 5.82. The number of hydrogen-bond donors (Lipinski definition) is 2. The van der Waals surface area contributed by atoms with Gasteiger partial charge >= 0.3 is 0 Å². The van der Waals surface area contributed by atoms with Gasteiger partial charge in [-0.2, -0.15) is 11.8 Å². The van der Waals surface area contributed by atoms with E-state index in [4.69, 9.17) is 9.15 Å². The molecule has 1 saturated heterocycles. The fourth-order valence-corrected chi connectivity index (χ4v) is 3.45. The molecule has 0 aliphatic carbocycles. The van der Waals surface area contributed by atoms with Crippen molar-refractivity contribution in [2.24, 2.45) is 4.99 Å². The van der Waals surface area contributed by atoms with Crippen LogP contribution in [0.5, 0.6) is 0 Å². The first kappa shape index (κ1) is 23.6. The molecule has 0 aromatic carbocycles. The van der Waals surface area contributed by atoms with Gasteiger partial charge in [0, 0.05) is 36.5 Å². The van der Waals surface area contributed by atoms with Gasteiger partial charge in [0.15, 0.2) is 5.96 Å². The molecular weight excluding hydrogens is 463 g/mol. The van der Waals surface area contributed by atoms with Crippen molar-refractivity contribution in [3.05, 3.63) is 17.8 Å².